The van der Waals surface area contributed by atoms with Crippen LogP contribution in [0.4, 0.5) is 0 Å². The van der Waals surface area contributed by atoms with Gasteiger partial charge in [0.05, 0.1) is 0 Å². The summed E-state index contributed by atoms with van der Waals surface area (Å²) in [6.45, 7) is 0.733. The molecule has 1 amide bonds. The van der Waals surface area contributed by atoms with Crippen molar-refractivity contribution in [3.8, 4) is 0 Å². The number of rotatable bonds is 4. The summed E-state index contributed by atoms with van der Waals surface area (Å²) in [6.07, 6.45) is 8.04. The van der Waals surface area contributed by atoms with Crippen LogP contribution in [0.2, 0.25) is 0 Å². The lowest BCUT2D eigenvalue weighted by atomic mass is 9.50. The molecule has 0 aromatic rings. The van der Waals surface area contributed by atoms with Gasteiger partial charge in [-0.2, -0.15) is 0 Å². The van der Waals surface area contributed by atoms with Crippen LogP contribution in [0, 0.1) is 29.6 Å². The molecule has 0 radical (unpaired) electrons. The highest BCUT2D eigenvalue weighted by molar-refractivity contribution is 5.46. The van der Waals surface area contributed by atoms with Gasteiger partial charge in [-0.3, -0.25) is 4.79 Å². The number of hydrogen-bond donors (Lipinski definition) is 1. The topological polar surface area (TPSA) is 46.3 Å². The van der Waals surface area contributed by atoms with Gasteiger partial charge in [0, 0.05) is 19.6 Å². The molecule has 4 fully saturated rings. The number of amides is 1. The number of carbonyl (C=O) groups is 1. The minimum absolute atomic E-state index is 0.195. The van der Waals surface area contributed by atoms with Gasteiger partial charge in [-0.15, -0.1) is 0 Å². The second-order valence-corrected chi connectivity index (χ2v) is 6.72. The zero-order valence-corrected chi connectivity index (χ0v) is 10.7. The van der Waals surface area contributed by atoms with E-state index in [2.05, 4.69) is 0 Å². The van der Waals surface area contributed by atoms with Gasteiger partial charge in [-0.1, -0.05) is 0 Å². The van der Waals surface area contributed by atoms with Crippen LogP contribution in [0.25, 0.3) is 0 Å². The molecule has 2 N–H and O–H groups in total. The molecule has 3 nitrogen and oxygen atoms in total. The van der Waals surface area contributed by atoms with Crippen LogP contribution in [0.1, 0.15) is 32.1 Å². The first-order valence-electron chi connectivity index (χ1n) is 7.08. The fourth-order valence-electron chi connectivity index (χ4n) is 5.16. The Morgan fingerprint density at radius 2 is 1.71 bits per heavy atom. The predicted octanol–water partition coefficient (Wildman–Crippen LogP) is 1.47. The van der Waals surface area contributed by atoms with Gasteiger partial charge in [0.25, 0.3) is 0 Å². The first-order chi connectivity index (χ1) is 8.17. The normalized spacial score (nSPS) is 44.7. The van der Waals surface area contributed by atoms with Gasteiger partial charge in [-0.25, -0.2) is 0 Å². The number of hydrogen-bond acceptors (Lipinski definition) is 2. The van der Waals surface area contributed by atoms with Crippen LogP contribution in [-0.2, 0) is 4.79 Å². The Balaban J connectivity index is 1.69. The van der Waals surface area contributed by atoms with Gasteiger partial charge in [-0.05, 0) is 61.7 Å². The number of carbonyl (C=O) groups excluding carboxylic acids is 1. The lowest BCUT2D eigenvalue weighted by Crippen LogP contribution is -2.54. The Morgan fingerprint density at radius 1 is 1.18 bits per heavy atom. The summed E-state index contributed by atoms with van der Waals surface area (Å²) < 4.78 is 0. The third-order valence-electron chi connectivity index (χ3n) is 5.47. The van der Waals surface area contributed by atoms with Crippen molar-refractivity contribution in [2.75, 3.05) is 13.6 Å². The monoisotopic (exact) mass is 236 g/mol. The molecule has 4 aliphatic carbocycles. The maximum Gasteiger partial charge on any atom is 0.209 e. The molecule has 3 heteroatoms. The van der Waals surface area contributed by atoms with Crippen LogP contribution in [0.5, 0.6) is 0 Å². The highest BCUT2D eigenvalue weighted by Crippen LogP contribution is 2.57. The van der Waals surface area contributed by atoms with E-state index in [0.29, 0.717) is 5.92 Å². The van der Waals surface area contributed by atoms with Gasteiger partial charge < -0.3 is 10.6 Å². The summed E-state index contributed by atoms with van der Waals surface area (Å²) in [7, 11) is 1.84. The lowest BCUT2D eigenvalue weighted by Gasteiger charge is -2.56. The lowest BCUT2D eigenvalue weighted by molar-refractivity contribution is -0.118. The molecular weight excluding hydrogens is 212 g/mol. The zero-order chi connectivity index (χ0) is 12.0. The van der Waals surface area contributed by atoms with E-state index in [1.165, 1.54) is 32.1 Å². The van der Waals surface area contributed by atoms with Gasteiger partial charge in [0.1, 0.15) is 0 Å². The standard InChI is InChI=1S/C14H24N2O/c1-16(8-17)7-13(15)14-11-3-9-2-10(5-11)6-12(14)4-9/h8-14H,2-7,15H2,1H3. The molecule has 0 heterocycles. The van der Waals surface area contributed by atoms with E-state index in [9.17, 15) is 4.79 Å². The van der Waals surface area contributed by atoms with E-state index in [1.807, 2.05) is 7.05 Å². The maximum atomic E-state index is 10.7. The molecule has 0 aliphatic heterocycles. The first kappa shape index (κ1) is 11.5. The summed E-state index contributed by atoms with van der Waals surface area (Å²) >= 11 is 0. The minimum Gasteiger partial charge on any atom is -0.347 e. The van der Waals surface area contributed by atoms with E-state index in [1.54, 1.807) is 4.90 Å². The SMILES string of the molecule is CN(C=O)CC(N)C1C2CC3CC(C2)CC1C3. The molecule has 96 valence electrons. The minimum atomic E-state index is 0.195. The first-order valence-corrected chi connectivity index (χ1v) is 7.08. The molecule has 0 spiro atoms. The fraction of sp³-hybridized carbons (Fsp3) is 0.929. The van der Waals surface area contributed by atoms with Crippen LogP contribution in [0.3, 0.4) is 0 Å². The molecule has 1 unspecified atom stereocenters. The van der Waals surface area contributed by atoms with Gasteiger partial charge in [0.15, 0.2) is 0 Å². The summed E-state index contributed by atoms with van der Waals surface area (Å²) in [5, 5.41) is 0. The van der Waals surface area contributed by atoms with Crippen molar-refractivity contribution in [2.45, 2.75) is 38.1 Å². The molecule has 1 atom stereocenters. The molecule has 4 rings (SSSR count). The predicted molar refractivity (Wildman–Crippen MR) is 67.2 cm³/mol. The third kappa shape index (κ3) is 1.99. The van der Waals surface area contributed by atoms with E-state index < -0.39 is 0 Å². The van der Waals surface area contributed by atoms with E-state index in [0.717, 1.165) is 36.6 Å². The number of nitrogens with two attached hydrogens (primary N) is 1. The van der Waals surface area contributed by atoms with Crippen molar-refractivity contribution >= 4 is 6.41 Å². The van der Waals surface area contributed by atoms with E-state index in [-0.39, 0.29) is 6.04 Å². The average molecular weight is 236 g/mol. The maximum absolute atomic E-state index is 10.7. The molecule has 0 aromatic heterocycles. The van der Waals surface area contributed by atoms with Crippen molar-refractivity contribution in [1.82, 2.24) is 4.90 Å². The van der Waals surface area contributed by atoms with Crippen LogP contribution >= 0.6 is 0 Å². The molecule has 4 aliphatic rings. The van der Waals surface area contributed by atoms with Crippen molar-refractivity contribution in [3.63, 3.8) is 0 Å². The molecule has 17 heavy (non-hydrogen) atoms. The third-order valence-corrected chi connectivity index (χ3v) is 5.47. The molecule has 0 saturated heterocycles. The highest BCUT2D eigenvalue weighted by atomic mass is 16.1. The van der Waals surface area contributed by atoms with Crippen LogP contribution in [-0.4, -0.2) is 30.9 Å². The van der Waals surface area contributed by atoms with E-state index >= 15 is 0 Å². The number of nitrogens with zero attached hydrogens (tertiary/aromatic N) is 1. The second-order valence-electron chi connectivity index (χ2n) is 6.72. The van der Waals surface area contributed by atoms with Crippen LogP contribution in [0.15, 0.2) is 0 Å². The fourth-order valence-corrected chi connectivity index (χ4v) is 5.16. The van der Waals surface area contributed by atoms with Crippen LogP contribution < -0.4 is 5.73 Å². The summed E-state index contributed by atoms with van der Waals surface area (Å²) in [4.78, 5) is 12.4. The van der Waals surface area contributed by atoms with Crippen molar-refractivity contribution in [1.29, 1.82) is 0 Å². The van der Waals surface area contributed by atoms with Gasteiger partial charge >= 0.3 is 0 Å². The van der Waals surface area contributed by atoms with Crippen molar-refractivity contribution in [3.05, 3.63) is 0 Å². The van der Waals surface area contributed by atoms with E-state index in [4.69, 9.17) is 5.73 Å². The van der Waals surface area contributed by atoms with Gasteiger partial charge in [0.2, 0.25) is 6.41 Å². The van der Waals surface area contributed by atoms with Crippen molar-refractivity contribution < 1.29 is 4.79 Å². The zero-order valence-electron chi connectivity index (χ0n) is 10.7. The Labute approximate surface area is 104 Å². The summed E-state index contributed by atoms with van der Waals surface area (Å²) in [5.41, 5.74) is 6.37. The Bertz CT molecular complexity index is 277. The summed E-state index contributed by atoms with van der Waals surface area (Å²) in [6, 6.07) is 0.195. The smallest absolute Gasteiger partial charge is 0.209 e. The largest absolute Gasteiger partial charge is 0.347 e. The van der Waals surface area contributed by atoms with Crippen molar-refractivity contribution in [2.24, 2.45) is 35.3 Å². The molecule has 0 aromatic carbocycles. The quantitative estimate of drug-likeness (QED) is 0.751. The highest BCUT2D eigenvalue weighted by Gasteiger charge is 2.49. The Hall–Kier alpha value is -0.570. The second kappa shape index (κ2) is 4.27. The molecular formula is C14H24N2O. The molecule has 4 saturated carbocycles. The molecule has 4 bridgehead atoms. The Kier molecular flexibility index (Phi) is 2.89. The average Bonchev–Trinajstić information content (AvgIpc) is 2.27. The number of likely N-dealkylation sites (N-methyl/N-ethyl adjacent to an activating group) is 1. The Morgan fingerprint density at radius 3 is 2.18 bits per heavy atom. The summed E-state index contributed by atoms with van der Waals surface area (Å²) in [5.74, 6) is 4.42.